The van der Waals surface area contributed by atoms with E-state index >= 15 is 0 Å². The molecule has 0 N–H and O–H groups in total. The van der Waals surface area contributed by atoms with E-state index in [0.29, 0.717) is 12.5 Å². The number of unbranched alkanes of at least 4 members (excludes halogenated alkanes) is 1. The van der Waals surface area contributed by atoms with E-state index in [9.17, 15) is 4.79 Å². The van der Waals surface area contributed by atoms with Crippen LogP contribution in [-0.4, -0.2) is 22.9 Å². The lowest BCUT2D eigenvalue weighted by Gasteiger charge is -2.14. The third-order valence-corrected chi connectivity index (χ3v) is 3.96. The largest absolute Gasteiger partial charge is 0.407 e. The molecule has 1 unspecified atom stereocenters. The van der Waals surface area contributed by atoms with Crippen molar-refractivity contribution in [1.82, 2.24) is 9.78 Å². The molecule has 0 saturated carbocycles. The molecule has 2 aromatic rings. The molecule has 0 amide bonds. The molecule has 0 aliphatic heterocycles. The van der Waals surface area contributed by atoms with Crippen molar-refractivity contribution >= 4 is 5.97 Å². The van der Waals surface area contributed by atoms with Crippen LogP contribution in [0.25, 0.3) is 5.69 Å². The summed E-state index contributed by atoms with van der Waals surface area (Å²) in [7, 11) is 1.62. The zero-order valence-electron chi connectivity index (χ0n) is 14.7. The van der Waals surface area contributed by atoms with Crippen LogP contribution in [0.2, 0.25) is 0 Å². The minimum Gasteiger partial charge on any atom is -0.407 e. The van der Waals surface area contributed by atoms with E-state index in [4.69, 9.17) is 9.47 Å². The van der Waals surface area contributed by atoms with Gasteiger partial charge in [-0.1, -0.05) is 44.9 Å². The number of para-hydroxylation sites is 1. The van der Waals surface area contributed by atoms with Crippen molar-refractivity contribution in [1.29, 1.82) is 0 Å². The van der Waals surface area contributed by atoms with Gasteiger partial charge in [0.15, 0.2) is 0 Å². The fraction of sp³-hybridized carbons (Fsp3) is 0.474. The summed E-state index contributed by atoms with van der Waals surface area (Å²) in [6, 6.07) is 11.4. The fourth-order valence-electron chi connectivity index (χ4n) is 2.58. The first-order valence-corrected chi connectivity index (χ1v) is 8.54. The highest BCUT2D eigenvalue weighted by molar-refractivity contribution is 5.74. The van der Waals surface area contributed by atoms with Gasteiger partial charge in [-0.2, -0.15) is 5.10 Å². The molecular weight excluding hydrogens is 304 g/mol. The first-order valence-electron chi connectivity index (χ1n) is 8.54. The maximum absolute atomic E-state index is 12.5. The van der Waals surface area contributed by atoms with Gasteiger partial charge in [-0.25, -0.2) is 4.68 Å². The molecule has 0 aliphatic rings. The number of ether oxygens (including phenoxy) is 2. The highest BCUT2D eigenvalue weighted by Crippen LogP contribution is 2.23. The fourth-order valence-corrected chi connectivity index (χ4v) is 2.58. The maximum Gasteiger partial charge on any atom is 0.315 e. The molecule has 1 aromatic heterocycles. The number of hydrogen-bond donors (Lipinski definition) is 0. The summed E-state index contributed by atoms with van der Waals surface area (Å²) in [5.74, 6) is 0.176. The highest BCUT2D eigenvalue weighted by Gasteiger charge is 2.21. The Hall–Kier alpha value is -2.14. The lowest BCUT2D eigenvalue weighted by Crippen LogP contribution is -2.21. The maximum atomic E-state index is 12.5. The van der Waals surface area contributed by atoms with Crippen molar-refractivity contribution in [2.45, 2.75) is 46.1 Å². The highest BCUT2D eigenvalue weighted by atomic mass is 16.5. The number of nitrogens with zero attached hydrogens (tertiary/aromatic N) is 2. The quantitative estimate of drug-likeness (QED) is 0.648. The number of esters is 1. The topological polar surface area (TPSA) is 53.4 Å². The second-order valence-corrected chi connectivity index (χ2v) is 5.82. The van der Waals surface area contributed by atoms with Crippen LogP contribution in [0.3, 0.4) is 0 Å². The molecule has 5 heteroatoms. The predicted molar refractivity (Wildman–Crippen MR) is 93.2 cm³/mol. The second kappa shape index (κ2) is 9.23. The van der Waals surface area contributed by atoms with Crippen molar-refractivity contribution in [2.75, 3.05) is 7.11 Å². The summed E-state index contributed by atoms with van der Waals surface area (Å²) in [5.41, 5.74) is 1.58. The summed E-state index contributed by atoms with van der Waals surface area (Å²) >= 11 is 0. The van der Waals surface area contributed by atoms with Gasteiger partial charge in [-0.3, -0.25) is 4.79 Å². The van der Waals surface area contributed by atoms with Gasteiger partial charge >= 0.3 is 5.97 Å². The van der Waals surface area contributed by atoms with E-state index in [1.165, 1.54) is 0 Å². The van der Waals surface area contributed by atoms with Gasteiger partial charge in [-0.15, -0.1) is 0 Å². The van der Waals surface area contributed by atoms with Gasteiger partial charge in [0.25, 0.3) is 0 Å². The predicted octanol–water partition coefficient (Wildman–Crippen LogP) is 4.14. The molecule has 130 valence electrons. The Morgan fingerprint density at radius 3 is 2.62 bits per heavy atom. The molecule has 0 radical (unpaired) electrons. The minimum absolute atomic E-state index is 0.0741. The summed E-state index contributed by atoms with van der Waals surface area (Å²) in [6.07, 6.45) is 3.74. The van der Waals surface area contributed by atoms with Gasteiger partial charge in [0, 0.05) is 13.2 Å². The molecule has 1 heterocycles. The van der Waals surface area contributed by atoms with Crippen molar-refractivity contribution in [3.63, 3.8) is 0 Å². The van der Waals surface area contributed by atoms with Gasteiger partial charge in [-0.05, 0) is 25.0 Å². The van der Waals surface area contributed by atoms with Crippen LogP contribution < -0.4 is 4.74 Å². The third kappa shape index (κ3) is 4.68. The van der Waals surface area contributed by atoms with Crippen LogP contribution in [-0.2, 0) is 16.1 Å². The number of hydrogen-bond acceptors (Lipinski definition) is 4. The Balaban J connectivity index is 2.23. The number of methoxy groups -OCH3 is 1. The van der Waals surface area contributed by atoms with E-state index in [0.717, 1.165) is 37.1 Å². The zero-order chi connectivity index (χ0) is 17.4. The number of carbonyl (C=O) groups is 1. The third-order valence-electron chi connectivity index (χ3n) is 3.96. The lowest BCUT2D eigenvalue weighted by atomic mass is 10.00. The van der Waals surface area contributed by atoms with Crippen LogP contribution in [0.15, 0.2) is 36.4 Å². The normalized spacial score (nSPS) is 12.1. The number of benzene rings is 1. The molecule has 0 aliphatic carbocycles. The second-order valence-electron chi connectivity index (χ2n) is 5.82. The molecule has 5 nitrogen and oxygen atoms in total. The van der Waals surface area contributed by atoms with Crippen LogP contribution >= 0.6 is 0 Å². The van der Waals surface area contributed by atoms with Crippen LogP contribution in [0.1, 0.15) is 45.2 Å². The van der Waals surface area contributed by atoms with E-state index in [-0.39, 0.29) is 11.9 Å². The first-order chi connectivity index (χ1) is 11.7. The SMILES string of the molecule is CCCCC(CC)C(=O)Oc1cc(COC)nn1-c1ccccc1. The Morgan fingerprint density at radius 2 is 2.00 bits per heavy atom. The van der Waals surface area contributed by atoms with E-state index in [1.54, 1.807) is 17.9 Å². The number of aromatic nitrogens is 2. The standard InChI is InChI=1S/C19H26N2O3/c1-4-6-10-15(5-2)19(22)24-18-13-16(14-23-3)20-21(18)17-11-8-7-9-12-17/h7-9,11-13,15H,4-6,10,14H2,1-3H3. The van der Waals surface area contributed by atoms with E-state index in [2.05, 4.69) is 12.0 Å². The van der Waals surface area contributed by atoms with Crippen LogP contribution in [0.5, 0.6) is 5.88 Å². The smallest absolute Gasteiger partial charge is 0.315 e. The monoisotopic (exact) mass is 330 g/mol. The molecule has 1 aromatic carbocycles. The molecule has 1 atom stereocenters. The van der Waals surface area contributed by atoms with Crippen LogP contribution in [0, 0.1) is 5.92 Å². The molecule has 0 bridgehead atoms. The summed E-state index contributed by atoms with van der Waals surface area (Å²) < 4.78 is 12.5. The van der Waals surface area contributed by atoms with Crippen LogP contribution in [0.4, 0.5) is 0 Å². The minimum atomic E-state index is -0.188. The average Bonchev–Trinajstić information content (AvgIpc) is 2.99. The molecule has 0 fully saturated rings. The van der Waals surface area contributed by atoms with E-state index in [1.807, 2.05) is 37.3 Å². The average molecular weight is 330 g/mol. The molecule has 0 spiro atoms. The van der Waals surface area contributed by atoms with Crippen molar-refractivity contribution in [3.05, 3.63) is 42.1 Å². The molecular formula is C19H26N2O3. The van der Waals surface area contributed by atoms with E-state index < -0.39 is 0 Å². The van der Waals surface area contributed by atoms with Gasteiger partial charge in [0.2, 0.25) is 5.88 Å². The zero-order valence-corrected chi connectivity index (χ0v) is 14.7. The van der Waals surface area contributed by atoms with Gasteiger partial charge < -0.3 is 9.47 Å². The Labute approximate surface area is 143 Å². The number of rotatable bonds is 9. The molecule has 24 heavy (non-hydrogen) atoms. The molecule has 0 saturated heterocycles. The molecule has 2 rings (SSSR count). The first kappa shape index (κ1) is 18.2. The summed E-state index contributed by atoms with van der Waals surface area (Å²) in [5, 5.41) is 4.49. The van der Waals surface area contributed by atoms with Gasteiger partial charge in [0.05, 0.1) is 23.9 Å². The Kier molecular flexibility index (Phi) is 7.00. The Bertz CT molecular complexity index is 637. The summed E-state index contributed by atoms with van der Waals surface area (Å²) in [6.45, 7) is 4.52. The Morgan fingerprint density at radius 1 is 1.25 bits per heavy atom. The summed E-state index contributed by atoms with van der Waals surface area (Å²) in [4.78, 5) is 12.5. The van der Waals surface area contributed by atoms with Crippen molar-refractivity contribution < 1.29 is 14.3 Å². The van der Waals surface area contributed by atoms with Gasteiger partial charge in [0.1, 0.15) is 0 Å². The number of carbonyl (C=O) groups excluding carboxylic acids is 1. The van der Waals surface area contributed by atoms with Crippen molar-refractivity contribution in [3.8, 4) is 11.6 Å². The lowest BCUT2D eigenvalue weighted by molar-refractivity contribution is -0.139. The van der Waals surface area contributed by atoms with Crippen molar-refractivity contribution in [2.24, 2.45) is 5.92 Å².